The van der Waals surface area contributed by atoms with Gasteiger partial charge in [0.2, 0.25) is 5.91 Å². The number of nitrogens with zero attached hydrogens (tertiary/aromatic N) is 3. The molecule has 2 aromatic rings. The van der Waals surface area contributed by atoms with Crippen LogP contribution in [0.3, 0.4) is 0 Å². The fourth-order valence-electron chi connectivity index (χ4n) is 4.24. The number of thiazole rings is 1. The molecule has 3 heterocycles. The molecule has 0 aliphatic carbocycles. The molecular weight excluding hydrogens is 354 g/mol. The van der Waals surface area contributed by atoms with Gasteiger partial charge in [0, 0.05) is 42.5 Å². The second-order valence-electron chi connectivity index (χ2n) is 7.75. The quantitative estimate of drug-likeness (QED) is 0.769. The predicted octanol–water partition coefficient (Wildman–Crippen LogP) is 4.57. The maximum absolute atomic E-state index is 12.3. The highest BCUT2D eigenvalue weighted by Gasteiger charge is 2.42. The number of amides is 1. The smallest absolute Gasteiger partial charge is 0.222 e. The summed E-state index contributed by atoms with van der Waals surface area (Å²) in [5, 5.41) is 1.85. The predicted molar refractivity (Wildman–Crippen MR) is 105 cm³/mol. The van der Waals surface area contributed by atoms with Gasteiger partial charge in [0.05, 0.1) is 10.2 Å². The van der Waals surface area contributed by atoms with Gasteiger partial charge >= 0.3 is 0 Å². The fraction of sp³-hybridized carbons (Fsp3) is 0.579. The molecule has 4 nitrogen and oxygen atoms in total. The van der Waals surface area contributed by atoms with Crippen LogP contribution in [0.15, 0.2) is 18.2 Å². The summed E-state index contributed by atoms with van der Waals surface area (Å²) in [5.41, 5.74) is 1.23. The molecular formula is C19H24ClN3OS. The fourth-order valence-corrected chi connectivity index (χ4v) is 5.51. The van der Waals surface area contributed by atoms with Crippen molar-refractivity contribution in [1.82, 2.24) is 9.88 Å². The number of halogens is 1. The Hall–Kier alpha value is -1.33. The normalized spacial score (nSPS) is 24.7. The highest BCUT2D eigenvalue weighted by Crippen LogP contribution is 2.42. The molecule has 1 aromatic heterocycles. The van der Waals surface area contributed by atoms with E-state index in [-0.39, 0.29) is 11.5 Å². The second kappa shape index (κ2) is 6.44. The first-order chi connectivity index (χ1) is 12.0. The molecule has 1 aromatic carbocycles. The Morgan fingerprint density at radius 1 is 1.28 bits per heavy atom. The summed E-state index contributed by atoms with van der Waals surface area (Å²) in [6.45, 7) is 7.17. The van der Waals surface area contributed by atoms with Crippen molar-refractivity contribution in [2.45, 2.75) is 45.6 Å². The van der Waals surface area contributed by atoms with Gasteiger partial charge in [0.1, 0.15) is 0 Å². The number of aromatic nitrogens is 1. The number of likely N-dealkylation sites (tertiary alicyclic amines) is 1. The first-order valence-corrected chi connectivity index (χ1v) is 10.3. The summed E-state index contributed by atoms with van der Waals surface area (Å²) in [6.07, 6.45) is 4.05. The Morgan fingerprint density at radius 3 is 2.92 bits per heavy atom. The highest BCUT2D eigenvalue weighted by atomic mass is 35.5. The molecule has 1 unspecified atom stereocenters. The molecule has 2 saturated heterocycles. The highest BCUT2D eigenvalue weighted by molar-refractivity contribution is 7.22. The van der Waals surface area contributed by atoms with Crippen molar-refractivity contribution in [1.29, 1.82) is 0 Å². The van der Waals surface area contributed by atoms with E-state index in [2.05, 4.69) is 23.6 Å². The maximum atomic E-state index is 12.3. The van der Waals surface area contributed by atoms with Crippen LogP contribution in [0.4, 0.5) is 5.13 Å². The molecule has 0 N–H and O–H groups in total. The standard InChI is InChI=1S/C19H24ClN3OS/c1-13(2)23-12-19(8-6-17(23)24)7-3-9-22(11-19)18-21-15-5-4-14(20)10-16(15)25-18/h4-5,10,13H,3,6-9,11-12H2,1-2H3. The molecule has 134 valence electrons. The summed E-state index contributed by atoms with van der Waals surface area (Å²) >= 11 is 7.84. The first-order valence-electron chi connectivity index (χ1n) is 9.06. The lowest BCUT2D eigenvalue weighted by Crippen LogP contribution is -2.55. The Bertz CT molecular complexity index is 805. The van der Waals surface area contributed by atoms with E-state index in [1.165, 1.54) is 6.42 Å². The summed E-state index contributed by atoms with van der Waals surface area (Å²) in [5.74, 6) is 0.312. The molecule has 2 fully saturated rings. The number of fused-ring (bicyclic) bond motifs is 1. The lowest BCUT2D eigenvalue weighted by atomic mass is 9.73. The van der Waals surface area contributed by atoms with Crippen molar-refractivity contribution < 1.29 is 4.79 Å². The van der Waals surface area contributed by atoms with Crippen LogP contribution in [0, 0.1) is 5.41 Å². The third kappa shape index (κ3) is 3.24. The lowest BCUT2D eigenvalue weighted by Gasteiger charge is -2.49. The largest absolute Gasteiger partial charge is 0.347 e. The molecule has 4 rings (SSSR count). The molecule has 0 saturated carbocycles. The van der Waals surface area contributed by atoms with E-state index in [4.69, 9.17) is 16.6 Å². The molecule has 25 heavy (non-hydrogen) atoms. The van der Waals surface area contributed by atoms with Crippen LogP contribution in [-0.2, 0) is 4.79 Å². The van der Waals surface area contributed by atoms with Gasteiger partial charge in [-0.25, -0.2) is 4.98 Å². The zero-order chi connectivity index (χ0) is 17.6. The average molecular weight is 378 g/mol. The summed E-state index contributed by atoms with van der Waals surface area (Å²) in [6, 6.07) is 6.18. The molecule has 2 aliphatic heterocycles. The summed E-state index contributed by atoms with van der Waals surface area (Å²) in [4.78, 5) is 21.6. The van der Waals surface area contributed by atoms with Gasteiger partial charge in [-0.15, -0.1) is 0 Å². The molecule has 2 aliphatic rings. The number of carbonyl (C=O) groups excluding carboxylic acids is 1. The number of piperidine rings is 2. The molecule has 1 spiro atoms. The van der Waals surface area contributed by atoms with E-state index < -0.39 is 0 Å². The minimum Gasteiger partial charge on any atom is -0.347 e. The first kappa shape index (κ1) is 17.1. The molecule has 1 amide bonds. The summed E-state index contributed by atoms with van der Waals surface area (Å²) < 4.78 is 1.14. The van der Waals surface area contributed by atoms with E-state index in [0.29, 0.717) is 12.3 Å². The SMILES string of the molecule is CC(C)N1CC2(CCCN(c3nc4ccc(Cl)cc4s3)C2)CCC1=O. The van der Waals surface area contributed by atoms with Gasteiger partial charge in [-0.05, 0) is 51.3 Å². The number of carbonyl (C=O) groups is 1. The van der Waals surface area contributed by atoms with Crippen molar-refractivity contribution in [2.75, 3.05) is 24.5 Å². The number of hydrogen-bond donors (Lipinski definition) is 0. The van der Waals surface area contributed by atoms with Gasteiger partial charge in [-0.1, -0.05) is 22.9 Å². The van der Waals surface area contributed by atoms with E-state index in [9.17, 15) is 4.79 Å². The van der Waals surface area contributed by atoms with Gasteiger partial charge < -0.3 is 9.80 Å². The third-order valence-corrected chi connectivity index (χ3v) is 6.90. The van der Waals surface area contributed by atoms with Gasteiger partial charge in [-0.2, -0.15) is 0 Å². The Balaban J connectivity index is 1.58. The zero-order valence-corrected chi connectivity index (χ0v) is 16.4. The Kier molecular flexibility index (Phi) is 4.40. The van der Waals surface area contributed by atoms with Gasteiger partial charge in [0.25, 0.3) is 0 Å². The number of benzene rings is 1. The minimum atomic E-state index is 0.214. The lowest BCUT2D eigenvalue weighted by molar-refractivity contribution is -0.140. The van der Waals surface area contributed by atoms with Crippen molar-refractivity contribution >= 4 is 44.2 Å². The van der Waals surface area contributed by atoms with Crippen molar-refractivity contribution in [3.63, 3.8) is 0 Å². The van der Waals surface area contributed by atoms with Crippen LogP contribution in [0.2, 0.25) is 5.02 Å². The van der Waals surface area contributed by atoms with E-state index in [1.807, 2.05) is 18.2 Å². The molecule has 6 heteroatoms. The Labute approximate surface area is 157 Å². The van der Waals surface area contributed by atoms with E-state index in [0.717, 1.165) is 52.8 Å². The van der Waals surface area contributed by atoms with E-state index in [1.54, 1.807) is 11.3 Å². The van der Waals surface area contributed by atoms with Crippen molar-refractivity contribution in [3.8, 4) is 0 Å². The van der Waals surface area contributed by atoms with Crippen molar-refractivity contribution in [2.24, 2.45) is 5.41 Å². The van der Waals surface area contributed by atoms with Crippen LogP contribution < -0.4 is 4.90 Å². The second-order valence-corrected chi connectivity index (χ2v) is 9.19. The van der Waals surface area contributed by atoms with Gasteiger partial charge in [0.15, 0.2) is 5.13 Å². The molecule has 1 atom stereocenters. The number of rotatable bonds is 2. The topological polar surface area (TPSA) is 36.4 Å². The zero-order valence-electron chi connectivity index (χ0n) is 14.8. The average Bonchev–Trinajstić information content (AvgIpc) is 3.00. The number of hydrogen-bond acceptors (Lipinski definition) is 4. The van der Waals surface area contributed by atoms with Crippen LogP contribution in [0.25, 0.3) is 10.2 Å². The monoisotopic (exact) mass is 377 g/mol. The van der Waals surface area contributed by atoms with Crippen LogP contribution in [-0.4, -0.2) is 41.5 Å². The Morgan fingerprint density at radius 2 is 2.12 bits per heavy atom. The maximum Gasteiger partial charge on any atom is 0.222 e. The number of anilines is 1. The molecule has 0 bridgehead atoms. The molecule has 0 radical (unpaired) electrons. The van der Waals surface area contributed by atoms with Crippen LogP contribution in [0.1, 0.15) is 39.5 Å². The van der Waals surface area contributed by atoms with Gasteiger partial charge in [-0.3, -0.25) is 4.79 Å². The van der Waals surface area contributed by atoms with E-state index >= 15 is 0 Å². The summed E-state index contributed by atoms with van der Waals surface area (Å²) in [7, 11) is 0. The van der Waals surface area contributed by atoms with Crippen LogP contribution in [0.5, 0.6) is 0 Å². The third-order valence-electron chi connectivity index (χ3n) is 5.59. The van der Waals surface area contributed by atoms with Crippen LogP contribution >= 0.6 is 22.9 Å². The minimum absolute atomic E-state index is 0.214. The van der Waals surface area contributed by atoms with Crippen molar-refractivity contribution in [3.05, 3.63) is 23.2 Å².